The van der Waals surface area contributed by atoms with E-state index >= 15 is 0 Å². The summed E-state index contributed by atoms with van der Waals surface area (Å²) in [4.78, 5) is 4.22. The van der Waals surface area contributed by atoms with E-state index in [1.165, 1.54) is 21.6 Å². The van der Waals surface area contributed by atoms with Crippen LogP contribution in [0.4, 0.5) is 5.13 Å². The predicted molar refractivity (Wildman–Crippen MR) is 53.4 cm³/mol. The van der Waals surface area contributed by atoms with Crippen molar-refractivity contribution in [2.24, 2.45) is 0 Å². The summed E-state index contributed by atoms with van der Waals surface area (Å²) >= 11 is 1.54. The Kier molecular flexibility index (Phi) is 1.73. The molecule has 2 rings (SSSR count). The number of thiazole rings is 1. The lowest BCUT2D eigenvalue weighted by Crippen LogP contribution is -1.80. The Bertz CT molecular complexity index is 406. The number of nitrogens with zero attached hydrogens (tertiary/aromatic N) is 1. The van der Waals surface area contributed by atoms with Crippen molar-refractivity contribution in [3.05, 3.63) is 23.8 Å². The zero-order valence-electron chi connectivity index (χ0n) is 6.87. The molecule has 0 aliphatic carbocycles. The first kappa shape index (κ1) is 7.55. The van der Waals surface area contributed by atoms with Crippen LogP contribution in [0, 0.1) is 0 Å². The monoisotopic (exact) mass is 178 g/mol. The van der Waals surface area contributed by atoms with E-state index in [1.54, 1.807) is 0 Å². The van der Waals surface area contributed by atoms with E-state index in [0.29, 0.717) is 5.13 Å². The molecular weight excluding hydrogens is 168 g/mol. The summed E-state index contributed by atoms with van der Waals surface area (Å²) in [5, 5.41) is 0.651. The van der Waals surface area contributed by atoms with Gasteiger partial charge in [0.2, 0.25) is 0 Å². The van der Waals surface area contributed by atoms with Crippen LogP contribution < -0.4 is 5.73 Å². The molecule has 0 radical (unpaired) electrons. The number of aryl methyl sites for hydroxylation is 1. The molecular formula is C9H10N2S. The first-order valence-corrected chi connectivity index (χ1v) is 4.76. The van der Waals surface area contributed by atoms with Crippen molar-refractivity contribution in [3.63, 3.8) is 0 Å². The minimum Gasteiger partial charge on any atom is -0.375 e. The van der Waals surface area contributed by atoms with E-state index in [4.69, 9.17) is 5.73 Å². The number of rotatable bonds is 1. The standard InChI is InChI=1S/C9H10N2S/c1-2-6-3-4-8-7(5-6)11-9(10)12-8/h3-5H,2H2,1H3,(H2,10,11). The Labute approximate surface area is 75.0 Å². The number of anilines is 1. The van der Waals surface area contributed by atoms with Gasteiger partial charge in [-0.1, -0.05) is 24.3 Å². The van der Waals surface area contributed by atoms with Crippen molar-refractivity contribution in [2.75, 3.05) is 5.73 Å². The van der Waals surface area contributed by atoms with Crippen LogP contribution in [0.15, 0.2) is 18.2 Å². The maximum absolute atomic E-state index is 5.59. The maximum Gasteiger partial charge on any atom is 0.181 e. The predicted octanol–water partition coefficient (Wildman–Crippen LogP) is 2.44. The summed E-state index contributed by atoms with van der Waals surface area (Å²) < 4.78 is 1.17. The van der Waals surface area contributed by atoms with Crippen LogP contribution in [0.1, 0.15) is 12.5 Å². The molecule has 2 N–H and O–H groups in total. The fourth-order valence-electron chi connectivity index (χ4n) is 1.21. The van der Waals surface area contributed by atoms with E-state index in [2.05, 4.69) is 30.1 Å². The van der Waals surface area contributed by atoms with Crippen molar-refractivity contribution in [1.29, 1.82) is 0 Å². The van der Waals surface area contributed by atoms with E-state index in [1.807, 2.05) is 0 Å². The van der Waals surface area contributed by atoms with E-state index in [-0.39, 0.29) is 0 Å². The van der Waals surface area contributed by atoms with Crippen LogP contribution in [0.5, 0.6) is 0 Å². The Morgan fingerprint density at radius 1 is 1.50 bits per heavy atom. The Morgan fingerprint density at radius 3 is 3.08 bits per heavy atom. The fraction of sp³-hybridized carbons (Fsp3) is 0.222. The van der Waals surface area contributed by atoms with Gasteiger partial charge in [0.15, 0.2) is 5.13 Å². The molecule has 12 heavy (non-hydrogen) atoms. The maximum atomic E-state index is 5.59. The SMILES string of the molecule is CCc1ccc2sc(N)nc2c1. The van der Waals surface area contributed by atoms with Crippen molar-refractivity contribution in [1.82, 2.24) is 4.98 Å². The first-order valence-electron chi connectivity index (χ1n) is 3.94. The van der Waals surface area contributed by atoms with Crippen LogP contribution in [-0.4, -0.2) is 4.98 Å². The molecule has 2 aromatic rings. The van der Waals surface area contributed by atoms with Gasteiger partial charge in [-0.15, -0.1) is 0 Å². The summed E-state index contributed by atoms with van der Waals surface area (Å²) in [5.41, 5.74) is 7.93. The molecule has 0 saturated heterocycles. The number of hydrogen-bond donors (Lipinski definition) is 1. The Balaban J connectivity index is 2.66. The zero-order valence-corrected chi connectivity index (χ0v) is 7.69. The van der Waals surface area contributed by atoms with Crippen molar-refractivity contribution < 1.29 is 0 Å². The highest BCUT2D eigenvalue weighted by Gasteiger charge is 2.00. The van der Waals surface area contributed by atoms with Gasteiger partial charge in [-0.05, 0) is 24.1 Å². The van der Waals surface area contributed by atoms with Crippen molar-refractivity contribution in [3.8, 4) is 0 Å². The Morgan fingerprint density at radius 2 is 2.33 bits per heavy atom. The summed E-state index contributed by atoms with van der Waals surface area (Å²) in [6, 6.07) is 6.31. The average molecular weight is 178 g/mol. The summed E-state index contributed by atoms with van der Waals surface area (Å²) in [6.07, 6.45) is 1.05. The van der Waals surface area contributed by atoms with Gasteiger partial charge in [-0.2, -0.15) is 0 Å². The van der Waals surface area contributed by atoms with Gasteiger partial charge in [0, 0.05) is 0 Å². The molecule has 1 aromatic carbocycles. The zero-order chi connectivity index (χ0) is 8.55. The van der Waals surface area contributed by atoms with Gasteiger partial charge in [0.1, 0.15) is 0 Å². The van der Waals surface area contributed by atoms with E-state index < -0.39 is 0 Å². The molecule has 62 valence electrons. The fourth-order valence-corrected chi connectivity index (χ4v) is 1.93. The van der Waals surface area contributed by atoms with Gasteiger partial charge in [-0.25, -0.2) is 4.98 Å². The molecule has 0 atom stereocenters. The topological polar surface area (TPSA) is 38.9 Å². The molecule has 3 heteroatoms. The molecule has 1 aromatic heterocycles. The molecule has 0 unspecified atom stereocenters. The van der Waals surface area contributed by atoms with Gasteiger partial charge in [0.05, 0.1) is 10.2 Å². The normalized spacial score (nSPS) is 10.8. The summed E-state index contributed by atoms with van der Waals surface area (Å²) in [6.45, 7) is 2.14. The molecule has 1 heterocycles. The van der Waals surface area contributed by atoms with Crippen LogP contribution in [0.3, 0.4) is 0 Å². The molecule has 2 nitrogen and oxygen atoms in total. The molecule has 0 aliphatic heterocycles. The quantitative estimate of drug-likeness (QED) is 0.728. The molecule has 0 bridgehead atoms. The van der Waals surface area contributed by atoms with Crippen LogP contribution >= 0.6 is 11.3 Å². The highest BCUT2D eigenvalue weighted by Crippen LogP contribution is 2.24. The molecule has 0 aliphatic rings. The minimum absolute atomic E-state index is 0.651. The Hall–Kier alpha value is -1.09. The van der Waals surface area contributed by atoms with Crippen molar-refractivity contribution >= 4 is 26.7 Å². The number of nitrogens with two attached hydrogens (primary N) is 1. The largest absolute Gasteiger partial charge is 0.375 e. The van der Waals surface area contributed by atoms with Crippen LogP contribution in [0.25, 0.3) is 10.2 Å². The molecule has 0 saturated carbocycles. The number of aromatic nitrogens is 1. The second-order valence-corrected chi connectivity index (χ2v) is 3.77. The number of nitrogen functional groups attached to an aromatic ring is 1. The average Bonchev–Trinajstić information content (AvgIpc) is 2.43. The lowest BCUT2D eigenvalue weighted by atomic mass is 10.2. The third-order valence-electron chi connectivity index (χ3n) is 1.88. The lowest BCUT2D eigenvalue weighted by Gasteiger charge is -1.93. The molecule has 0 spiro atoms. The van der Waals surface area contributed by atoms with Crippen LogP contribution in [0.2, 0.25) is 0 Å². The summed E-state index contributed by atoms with van der Waals surface area (Å²) in [5.74, 6) is 0. The van der Waals surface area contributed by atoms with Gasteiger partial charge >= 0.3 is 0 Å². The first-order chi connectivity index (χ1) is 5.79. The van der Waals surface area contributed by atoms with E-state index in [0.717, 1.165) is 11.9 Å². The molecule has 0 amide bonds. The highest BCUT2D eigenvalue weighted by atomic mass is 32.1. The van der Waals surface area contributed by atoms with Gasteiger partial charge < -0.3 is 5.73 Å². The summed E-state index contributed by atoms with van der Waals surface area (Å²) in [7, 11) is 0. The second kappa shape index (κ2) is 2.75. The third-order valence-corrected chi connectivity index (χ3v) is 2.74. The molecule has 0 fully saturated rings. The number of benzene rings is 1. The van der Waals surface area contributed by atoms with Gasteiger partial charge in [-0.3, -0.25) is 0 Å². The number of hydrogen-bond acceptors (Lipinski definition) is 3. The number of fused-ring (bicyclic) bond motifs is 1. The van der Waals surface area contributed by atoms with Gasteiger partial charge in [0.25, 0.3) is 0 Å². The lowest BCUT2D eigenvalue weighted by molar-refractivity contribution is 1.14. The van der Waals surface area contributed by atoms with Crippen LogP contribution in [-0.2, 0) is 6.42 Å². The smallest absolute Gasteiger partial charge is 0.181 e. The minimum atomic E-state index is 0.651. The second-order valence-electron chi connectivity index (χ2n) is 2.71. The highest BCUT2D eigenvalue weighted by molar-refractivity contribution is 7.22. The third kappa shape index (κ3) is 1.16. The van der Waals surface area contributed by atoms with E-state index in [9.17, 15) is 0 Å². The van der Waals surface area contributed by atoms with Crippen molar-refractivity contribution in [2.45, 2.75) is 13.3 Å².